The van der Waals surface area contributed by atoms with Crippen molar-refractivity contribution in [2.45, 2.75) is 12.3 Å². The summed E-state index contributed by atoms with van der Waals surface area (Å²) >= 11 is 9.73. The Hall–Kier alpha value is -2.43. The van der Waals surface area contributed by atoms with Gasteiger partial charge < -0.3 is 14.8 Å². The third kappa shape index (κ3) is 5.61. The Labute approximate surface area is 221 Å². The Bertz CT molecular complexity index is 1220. The van der Waals surface area contributed by atoms with Gasteiger partial charge >= 0.3 is 0 Å². The Morgan fingerprint density at radius 1 is 1.21 bits per heavy atom. The summed E-state index contributed by atoms with van der Waals surface area (Å²) in [5.41, 5.74) is 3.47. The fourth-order valence-corrected chi connectivity index (χ4v) is 5.69. The molecule has 0 aliphatic carbocycles. The van der Waals surface area contributed by atoms with Crippen molar-refractivity contribution in [1.82, 2.24) is 0 Å². The van der Waals surface area contributed by atoms with Gasteiger partial charge in [-0.1, -0.05) is 23.7 Å². The molecule has 4 rings (SSSR count). The van der Waals surface area contributed by atoms with Gasteiger partial charge in [-0.05, 0) is 89.2 Å². The number of nitrogens with zero attached hydrogens (tertiary/aromatic N) is 1. The number of benzene rings is 3. The zero-order chi connectivity index (χ0) is 24.2. The smallest absolute Gasteiger partial charge is 0.262 e. The third-order valence-electron chi connectivity index (χ3n) is 5.16. The Morgan fingerprint density at radius 3 is 2.68 bits per heavy atom. The van der Waals surface area contributed by atoms with Gasteiger partial charge in [0.15, 0.2) is 18.1 Å². The number of hydrogen-bond acceptors (Lipinski definition) is 5. The molecular formula is C25H22ClIN2O4S. The second-order valence-electron chi connectivity index (χ2n) is 7.64. The van der Waals surface area contributed by atoms with Crippen molar-refractivity contribution in [3.8, 4) is 11.5 Å². The number of ether oxygens (including phenoxy) is 2. The average Bonchev–Trinajstić information content (AvgIpc) is 3.19. The second-order valence-corrected chi connectivity index (χ2v) is 10.3. The third-order valence-corrected chi connectivity index (χ3v) is 7.42. The predicted molar refractivity (Wildman–Crippen MR) is 145 cm³/mol. The standard InChI is InChI=1S/C25H22ClIN2O4S/c1-15-4-3-5-18(10-15)28-22(30)13-33-24-20(27)11-16(12-21(24)32-2)25-29(23(31)14-34-25)19-8-6-17(26)7-9-19/h3-12,25H,13-14H2,1-2H3,(H,28,30)/t25-/m1/s1. The molecule has 0 radical (unpaired) electrons. The SMILES string of the molecule is COc1cc([C@H]2SCC(=O)N2c2ccc(Cl)cc2)cc(I)c1OCC(=O)Nc1cccc(C)c1. The van der Waals surface area contributed by atoms with Crippen LogP contribution in [0, 0.1) is 10.5 Å². The maximum atomic E-state index is 12.7. The summed E-state index contributed by atoms with van der Waals surface area (Å²) in [5, 5.41) is 3.24. The normalized spacial score (nSPS) is 15.4. The lowest BCUT2D eigenvalue weighted by molar-refractivity contribution is -0.118. The molecule has 0 spiro atoms. The van der Waals surface area contributed by atoms with Gasteiger partial charge in [-0.2, -0.15) is 0 Å². The molecule has 176 valence electrons. The first-order chi connectivity index (χ1) is 16.4. The summed E-state index contributed by atoms with van der Waals surface area (Å²) in [5.74, 6) is 1.13. The molecule has 1 fully saturated rings. The largest absolute Gasteiger partial charge is 0.493 e. The van der Waals surface area contributed by atoms with E-state index in [1.165, 1.54) is 0 Å². The lowest BCUT2D eigenvalue weighted by Crippen LogP contribution is -2.27. The molecule has 1 atom stereocenters. The van der Waals surface area contributed by atoms with Crippen molar-refractivity contribution in [2.75, 3.05) is 29.7 Å². The highest BCUT2D eigenvalue weighted by Gasteiger charge is 2.35. The van der Waals surface area contributed by atoms with Crippen molar-refractivity contribution >= 4 is 69.1 Å². The topological polar surface area (TPSA) is 67.9 Å². The minimum absolute atomic E-state index is 0.0273. The number of carbonyl (C=O) groups is 2. The number of anilines is 2. The Kier molecular flexibility index (Phi) is 7.90. The second kappa shape index (κ2) is 10.9. The van der Waals surface area contributed by atoms with Crippen molar-refractivity contribution in [2.24, 2.45) is 0 Å². The van der Waals surface area contributed by atoms with Crippen LogP contribution in [0.4, 0.5) is 11.4 Å². The predicted octanol–water partition coefficient (Wildman–Crippen LogP) is 6.06. The number of halogens is 2. The maximum Gasteiger partial charge on any atom is 0.262 e. The fraction of sp³-hybridized carbons (Fsp3) is 0.200. The molecule has 1 aliphatic heterocycles. The van der Waals surface area contributed by atoms with E-state index in [2.05, 4.69) is 27.9 Å². The molecule has 34 heavy (non-hydrogen) atoms. The molecule has 0 bridgehead atoms. The molecule has 2 amide bonds. The first-order valence-corrected chi connectivity index (χ1v) is 12.9. The number of aryl methyl sites for hydroxylation is 1. The summed E-state index contributed by atoms with van der Waals surface area (Å²) in [4.78, 5) is 26.8. The number of carbonyl (C=O) groups excluding carboxylic acids is 2. The van der Waals surface area contributed by atoms with Crippen molar-refractivity contribution in [3.63, 3.8) is 0 Å². The van der Waals surface area contributed by atoms with Crippen molar-refractivity contribution < 1.29 is 19.1 Å². The van der Waals surface area contributed by atoms with Crippen LogP contribution in [0.15, 0.2) is 60.7 Å². The van der Waals surface area contributed by atoms with Gasteiger partial charge in [0.1, 0.15) is 5.37 Å². The number of methoxy groups -OCH3 is 1. The summed E-state index contributed by atoms with van der Waals surface area (Å²) in [6, 6.07) is 18.6. The van der Waals surface area contributed by atoms with E-state index in [0.29, 0.717) is 22.3 Å². The summed E-state index contributed by atoms with van der Waals surface area (Å²) in [6.45, 7) is 1.80. The highest BCUT2D eigenvalue weighted by molar-refractivity contribution is 14.1. The van der Waals surface area contributed by atoms with Gasteiger partial charge in [-0.3, -0.25) is 14.5 Å². The van der Waals surface area contributed by atoms with E-state index in [-0.39, 0.29) is 23.8 Å². The van der Waals surface area contributed by atoms with Crippen molar-refractivity contribution in [1.29, 1.82) is 0 Å². The quantitative estimate of drug-likeness (QED) is 0.331. The van der Waals surface area contributed by atoms with Crippen molar-refractivity contribution in [3.05, 3.63) is 80.4 Å². The molecule has 3 aromatic rings. The number of nitrogens with one attached hydrogen (secondary N) is 1. The molecule has 0 saturated carbocycles. The molecule has 3 aromatic carbocycles. The van der Waals surface area contributed by atoms with E-state index < -0.39 is 0 Å². The summed E-state index contributed by atoms with van der Waals surface area (Å²) in [6.07, 6.45) is 0. The van der Waals surface area contributed by atoms with E-state index in [1.807, 2.05) is 55.5 Å². The van der Waals surface area contributed by atoms with Crippen LogP contribution in [0.5, 0.6) is 11.5 Å². The Balaban J connectivity index is 1.52. The van der Waals surface area contributed by atoms with Crippen LogP contribution in [0.1, 0.15) is 16.5 Å². The lowest BCUT2D eigenvalue weighted by Gasteiger charge is -2.25. The molecule has 0 unspecified atom stereocenters. The van der Waals surface area contributed by atoms with Crippen LogP contribution in [0.25, 0.3) is 0 Å². The first kappa shape index (κ1) is 24.7. The molecular weight excluding hydrogens is 587 g/mol. The maximum absolute atomic E-state index is 12.7. The number of hydrogen-bond donors (Lipinski definition) is 1. The molecule has 1 saturated heterocycles. The van der Waals surface area contributed by atoms with Crippen LogP contribution in [-0.2, 0) is 9.59 Å². The van der Waals surface area contributed by atoms with E-state index in [0.717, 1.165) is 26.1 Å². The van der Waals surface area contributed by atoms with E-state index >= 15 is 0 Å². The van der Waals surface area contributed by atoms with Crippen LogP contribution >= 0.6 is 46.0 Å². The van der Waals surface area contributed by atoms with Gasteiger partial charge in [0.2, 0.25) is 5.91 Å². The van der Waals surface area contributed by atoms with E-state index in [9.17, 15) is 9.59 Å². The molecule has 1 aliphatic rings. The summed E-state index contributed by atoms with van der Waals surface area (Å²) < 4.78 is 12.2. The van der Waals surface area contributed by atoms with Gasteiger partial charge in [-0.15, -0.1) is 11.8 Å². The molecule has 0 aromatic heterocycles. The van der Waals surface area contributed by atoms with E-state index in [1.54, 1.807) is 35.9 Å². The van der Waals surface area contributed by atoms with Gasteiger partial charge in [0.25, 0.3) is 5.91 Å². The highest BCUT2D eigenvalue weighted by atomic mass is 127. The molecule has 1 heterocycles. The summed E-state index contributed by atoms with van der Waals surface area (Å²) in [7, 11) is 1.55. The fourth-order valence-electron chi connectivity index (χ4n) is 3.63. The first-order valence-electron chi connectivity index (χ1n) is 10.4. The monoisotopic (exact) mass is 608 g/mol. The van der Waals surface area contributed by atoms with Gasteiger partial charge in [-0.25, -0.2) is 0 Å². The minimum Gasteiger partial charge on any atom is -0.493 e. The van der Waals surface area contributed by atoms with Crippen LogP contribution in [0.3, 0.4) is 0 Å². The zero-order valence-corrected chi connectivity index (χ0v) is 22.2. The highest BCUT2D eigenvalue weighted by Crippen LogP contribution is 2.45. The number of amides is 2. The molecule has 1 N–H and O–H groups in total. The van der Waals surface area contributed by atoms with Crippen LogP contribution in [-0.4, -0.2) is 31.3 Å². The Morgan fingerprint density at radius 2 is 1.97 bits per heavy atom. The molecule has 9 heteroatoms. The average molecular weight is 609 g/mol. The zero-order valence-electron chi connectivity index (χ0n) is 18.5. The lowest BCUT2D eigenvalue weighted by atomic mass is 10.1. The van der Waals surface area contributed by atoms with Crippen LogP contribution in [0.2, 0.25) is 5.02 Å². The van der Waals surface area contributed by atoms with Crippen LogP contribution < -0.4 is 19.7 Å². The number of thioether (sulfide) groups is 1. The van der Waals surface area contributed by atoms with Gasteiger partial charge in [0.05, 0.1) is 16.4 Å². The molecule has 6 nitrogen and oxygen atoms in total. The minimum atomic E-state index is -0.265. The van der Waals surface area contributed by atoms with Gasteiger partial charge in [0, 0.05) is 16.4 Å². The van der Waals surface area contributed by atoms with E-state index in [4.69, 9.17) is 21.1 Å². The number of rotatable bonds is 7.